The predicted octanol–water partition coefficient (Wildman–Crippen LogP) is 0.552. The molecule has 0 aliphatic carbocycles. The van der Waals surface area contributed by atoms with Crippen LogP contribution in [0, 0.1) is 0 Å². The Morgan fingerprint density at radius 1 is 1.42 bits per heavy atom. The van der Waals surface area contributed by atoms with E-state index in [1.807, 2.05) is 0 Å². The molecule has 0 aromatic rings. The summed E-state index contributed by atoms with van der Waals surface area (Å²) in [5, 5.41) is 0. The van der Waals surface area contributed by atoms with Gasteiger partial charge in [0, 0.05) is 0 Å². The molecule has 0 radical (unpaired) electrons. The second-order valence-electron chi connectivity index (χ2n) is 1.94. The van der Waals surface area contributed by atoms with Crippen LogP contribution in [0.4, 0.5) is 0 Å². The molecular formula is C7H9BN2O2. The summed E-state index contributed by atoms with van der Waals surface area (Å²) in [4.78, 5) is 27.8. The van der Waals surface area contributed by atoms with Gasteiger partial charge in [0.15, 0.2) is 0 Å². The molecule has 0 rings (SSSR count). The van der Waals surface area contributed by atoms with Gasteiger partial charge < -0.3 is 0 Å². The van der Waals surface area contributed by atoms with Crippen molar-refractivity contribution in [3.05, 3.63) is 12.2 Å². The number of allylic oxidation sites excluding steroid dienone is 2. The molecule has 0 N–H and O–H groups in total. The topological polar surface area (TPSA) is 58.9 Å². The van der Waals surface area contributed by atoms with E-state index in [2.05, 4.69) is 9.80 Å². The Hall–Kier alpha value is -1.39. The van der Waals surface area contributed by atoms with Crippen molar-refractivity contribution in [2.45, 2.75) is 13.8 Å². The zero-order chi connectivity index (χ0) is 9.40. The van der Waals surface area contributed by atoms with E-state index in [0.717, 1.165) is 13.4 Å². The van der Waals surface area contributed by atoms with Crippen LogP contribution in [-0.4, -0.2) is 25.1 Å². The number of amides is 1. The summed E-state index contributed by atoms with van der Waals surface area (Å²) in [6.07, 6.45) is 4.06. The van der Waals surface area contributed by atoms with Crippen LogP contribution in [0.1, 0.15) is 13.8 Å². The van der Waals surface area contributed by atoms with Crippen molar-refractivity contribution in [3.63, 3.8) is 0 Å². The third-order valence-corrected chi connectivity index (χ3v) is 0.839. The quantitative estimate of drug-likeness (QED) is 0.347. The molecule has 4 nitrogen and oxygen atoms in total. The molecule has 0 saturated carbocycles. The third-order valence-electron chi connectivity index (χ3n) is 0.839. The van der Waals surface area contributed by atoms with Crippen molar-refractivity contribution in [2.24, 2.45) is 9.80 Å². The molecule has 12 heavy (non-hydrogen) atoms. The summed E-state index contributed by atoms with van der Waals surface area (Å²) in [6.45, 7) is 3.04. The zero-order valence-electron chi connectivity index (χ0n) is 7.02. The SMILES string of the molecule is C/C=C\C(=O)C=NB=NC(C)=O. The van der Waals surface area contributed by atoms with Gasteiger partial charge in [0.2, 0.25) is 0 Å². The Balaban J connectivity index is 3.92. The number of carbonyl (C=O) groups excluding carboxylic acids is 2. The van der Waals surface area contributed by atoms with Crippen LogP contribution in [0.2, 0.25) is 0 Å². The summed E-state index contributed by atoms with van der Waals surface area (Å²) < 4.78 is 0. The average Bonchev–Trinajstić information content (AvgIpc) is 1.98. The molecule has 0 aliphatic heterocycles. The number of hydrogen-bond donors (Lipinski definition) is 0. The second-order valence-corrected chi connectivity index (χ2v) is 1.94. The minimum atomic E-state index is -0.342. The molecule has 0 atom stereocenters. The number of ketones is 1. The first-order chi connectivity index (χ1) is 5.66. The monoisotopic (exact) mass is 164 g/mol. The van der Waals surface area contributed by atoms with Gasteiger partial charge in [0.25, 0.3) is 0 Å². The molecule has 0 aromatic carbocycles. The maximum absolute atomic E-state index is 10.7. The fourth-order valence-electron chi connectivity index (χ4n) is 0.429. The number of nitrogens with zero attached hydrogens (tertiary/aromatic N) is 2. The van der Waals surface area contributed by atoms with Crippen molar-refractivity contribution >= 4 is 25.1 Å². The fourth-order valence-corrected chi connectivity index (χ4v) is 0.429. The standard InChI is InChI=1S/C7H9BN2O2/c1-3-4-7(12)5-9-8-10-6(2)11/h3-5H,1-2H3/b4-3-,9-5?. The van der Waals surface area contributed by atoms with E-state index in [9.17, 15) is 9.59 Å². The molecule has 0 fully saturated rings. The van der Waals surface area contributed by atoms with Crippen molar-refractivity contribution in [3.8, 4) is 0 Å². The molecule has 0 unspecified atom stereocenters. The first-order valence-electron chi connectivity index (χ1n) is 3.39. The van der Waals surface area contributed by atoms with Crippen LogP contribution >= 0.6 is 0 Å². The molecule has 0 saturated heterocycles. The van der Waals surface area contributed by atoms with Gasteiger partial charge in [0.05, 0.1) is 0 Å². The van der Waals surface area contributed by atoms with Crippen molar-refractivity contribution in [1.82, 2.24) is 0 Å². The molecule has 0 bridgehead atoms. The molecule has 0 spiro atoms. The van der Waals surface area contributed by atoms with E-state index in [0.29, 0.717) is 0 Å². The van der Waals surface area contributed by atoms with Gasteiger partial charge >= 0.3 is 70.5 Å². The summed E-state index contributed by atoms with van der Waals surface area (Å²) in [7, 11) is 1.05. The maximum atomic E-state index is 10.7. The third kappa shape index (κ3) is 6.73. The van der Waals surface area contributed by atoms with Crippen molar-refractivity contribution in [2.75, 3.05) is 0 Å². The zero-order valence-corrected chi connectivity index (χ0v) is 7.02. The van der Waals surface area contributed by atoms with Gasteiger partial charge in [0.1, 0.15) is 0 Å². The summed E-state index contributed by atoms with van der Waals surface area (Å²) in [6, 6.07) is 0. The second kappa shape index (κ2) is 6.33. The normalized spacial score (nSPS) is 11.2. The van der Waals surface area contributed by atoms with E-state index in [4.69, 9.17) is 0 Å². The van der Waals surface area contributed by atoms with Crippen LogP contribution < -0.4 is 0 Å². The van der Waals surface area contributed by atoms with Gasteiger partial charge in [-0.25, -0.2) is 0 Å². The van der Waals surface area contributed by atoms with E-state index in [1.165, 1.54) is 13.0 Å². The number of hydrogen-bond acceptors (Lipinski definition) is 2. The van der Waals surface area contributed by atoms with Crippen molar-refractivity contribution < 1.29 is 9.59 Å². The van der Waals surface area contributed by atoms with Gasteiger partial charge in [-0.2, -0.15) is 0 Å². The van der Waals surface area contributed by atoms with Gasteiger partial charge in [-0.1, -0.05) is 0 Å². The molecule has 1 amide bonds. The number of rotatable bonds is 3. The van der Waals surface area contributed by atoms with Gasteiger partial charge in [-0.05, 0) is 0 Å². The van der Waals surface area contributed by atoms with Gasteiger partial charge in [-0.15, -0.1) is 0 Å². The van der Waals surface area contributed by atoms with E-state index in [1.54, 1.807) is 13.0 Å². The van der Waals surface area contributed by atoms with Crippen LogP contribution in [0.15, 0.2) is 22.0 Å². The Labute approximate surface area is 71.4 Å². The Morgan fingerprint density at radius 2 is 2.08 bits per heavy atom. The van der Waals surface area contributed by atoms with Crippen LogP contribution in [0.3, 0.4) is 0 Å². The summed E-state index contributed by atoms with van der Waals surface area (Å²) in [5.41, 5.74) is 0. The first kappa shape index (κ1) is 10.6. The molecule has 0 heterocycles. The van der Waals surface area contributed by atoms with Crippen LogP contribution in [0.25, 0.3) is 0 Å². The molecule has 62 valence electrons. The summed E-state index contributed by atoms with van der Waals surface area (Å²) >= 11 is 0. The average molecular weight is 164 g/mol. The predicted molar refractivity (Wildman–Crippen MR) is 47.2 cm³/mol. The summed E-state index contributed by atoms with van der Waals surface area (Å²) in [5.74, 6) is -0.571. The fraction of sp³-hybridized carbons (Fsp3) is 0.286. The Bertz CT molecular complexity index is 256. The Kier molecular flexibility index (Phi) is 5.60. The van der Waals surface area contributed by atoms with E-state index < -0.39 is 0 Å². The van der Waals surface area contributed by atoms with E-state index in [-0.39, 0.29) is 11.7 Å². The van der Waals surface area contributed by atoms with Crippen LogP contribution in [0.5, 0.6) is 0 Å². The molecule has 5 heteroatoms. The molecule has 0 aliphatic rings. The van der Waals surface area contributed by atoms with E-state index >= 15 is 0 Å². The van der Waals surface area contributed by atoms with Gasteiger partial charge in [-0.3, -0.25) is 0 Å². The molecule has 0 aromatic heterocycles. The molecular weight excluding hydrogens is 155 g/mol. The first-order valence-corrected chi connectivity index (χ1v) is 3.39. The van der Waals surface area contributed by atoms with Crippen molar-refractivity contribution in [1.29, 1.82) is 0 Å². The number of carbonyl (C=O) groups is 2. The Morgan fingerprint density at radius 3 is 2.58 bits per heavy atom. The van der Waals surface area contributed by atoms with Crippen LogP contribution in [-0.2, 0) is 9.59 Å². The minimum absolute atomic E-state index is 0.229.